The second-order valence-electron chi connectivity index (χ2n) is 5.98. The molecule has 1 aliphatic carbocycles. The van der Waals surface area contributed by atoms with Crippen molar-refractivity contribution in [2.45, 2.75) is 44.9 Å². The van der Waals surface area contributed by atoms with E-state index in [0.29, 0.717) is 12.3 Å². The Labute approximate surface area is 122 Å². The van der Waals surface area contributed by atoms with Crippen LogP contribution in [0.3, 0.4) is 0 Å². The summed E-state index contributed by atoms with van der Waals surface area (Å²) in [6.45, 7) is 0.920. The van der Waals surface area contributed by atoms with Crippen LogP contribution in [0.5, 0.6) is 0 Å². The first kappa shape index (κ1) is 14.9. The van der Waals surface area contributed by atoms with E-state index in [1.165, 1.54) is 32.1 Å². The van der Waals surface area contributed by atoms with Gasteiger partial charge in [0, 0.05) is 25.7 Å². The molecule has 0 heterocycles. The highest BCUT2D eigenvalue weighted by molar-refractivity contribution is 5.76. The lowest BCUT2D eigenvalue weighted by molar-refractivity contribution is -0.130. The maximum Gasteiger partial charge on any atom is 0.222 e. The molecule has 20 heavy (non-hydrogen) atoms. The minimum Gasteiger partial charge on any atom is -0.399 e. The van der Waals surface area contributed by atoms with Crippen molar-refractivity contribution in [1.82, 2.24) is 4.90 Å². The summed E-state index contributed by atoms with van der Waals surface area (Å²) in [5.41, 5.74) is 7.77. The Kier molecular flexibility index (Phi) is 5.45. The molecule has 2 rings (SSSR count). The molecule has 1 aromatic rings. The number of nitrogens with zero attached hydrogens (tertiary/aromatic N) is 1. The fourth-order valence-electron chi connectivity index (χ4n) is 3.05. The molecular weight excluding hydrogens is 248 g/mol. The minimum absolute atomic E-state index is 0.235. The molecule has 3 nitrogen and oxygen atoms in total. The third-order valence-corrected chi connectivity index (χ3v) is 4.35. The monoisotopic (exact) mass is 274 g/mol. The van der Waals surface area contributed by atoms with E-state index in [4.69, 9.17) is 5.73 Å². The van der Waals surface area contributed by atoms with Crippen molar-refractivity contribution in [2.24, 2.45) is 5.92 Å². The SMILES string of the molecule is CN(CC1CCCCC1)C(=O)CCc1ccccc1N. The van der Waals surface area contributed by atoms with Crippen molar-refractivity contribution in [1.29, 1.82) is 0 Å². The Bertz CT molecular complexity index is 438. The lowest BCUT2D eigenvalue weighted by atomic mass is 9.89. The maximum absolute atomic E-state index is 12.2. The average molecular weight is 274 g/mol. The summed E-state index contributed by atoms with van der Waals surface area (Å²) in [5.74, 6) is 0.943. The highest BCUT2D eigenvalue weighted by atomic mass is 16.2. The molecule has 0 atom stereocenters. The van der Waals surface area contributed by atoms with E-state index in [1.807, 2.05) is 36.2 Å². The number of amides is 1. The van der Waals surface area contributed by atoms with E-state index >= 15 is 0 Å². The Morgan fingerprint density at radius 3 is 2.65 bits per heavy atom. The Morgan fingerprint density at radius 2 is 1.95 bits per heavy atom. The van der Waals surface area contributed by atoms with Crippen LogP contribution in [-0.4, -0.2) is 24.4 Å². The lowest BCUT2D eigenvalue weighted by Gasteiger charge is -2.27. The van der Waals surface area contributed by atoms with Crippen molar-refractivity contribution in [3.63, 3.8) is 0 Å². The molecule has 0 unspecified atom stereocenters. The van der Waals surface area contributed by atoms with Crippen LogP contribution in [0.25, 0.3) is 0 Å². The van der Waals surface area contributed by atoms with Gasteiger partial charge in [0.2, 0.25) is 5.91 Å². The van der Waals surface area contributed by atoms with Gasteiger partial charge in [-0.15, -0.1) is 0 Å². The normalized spacial score (nSPS) is 16.1. The largest absolute Gasteiger partial charge is 0.399 e. The first-order chi connectivity index (χ1) is 9.66. The number of para-hydroxylation sites is 1. The number of hydrogen-bond acceptors (Lipinski definition) is 2. The van der Waals surface area contributed by atoms with Gasteiger partial charge in [-0.3, -0.25) is 4.79 Å². The molecular formula is C17H26N2O. The molecule has 0 radical (unpaired) electrons. The summed E-state index contributed by atoms with van der Waals surface area (Å²) in [5, 5.41) is 0. The van der Waals surface area contributed by atoms with Gasteiger partial charge in [0.15, 0.2) is 0 Å². The number of carbonyl (C=O) groups excluding carboxylic acids is 1. The molecule has 2 N–H and O–H groups in total. The first-order valence-corrected chi connectivity index (χ1v) is 7.74. The third-order valence-electron chi connectivity index (χ3n) is 4.35. The van der Waals surface area contributed by atoms with Gasteiger partial charge in [-0.2, -0.15) is 0 Å². The van der Waals surface area contributed by atoms with E-state index in [2.05, 4.69) is 0 Å². The van der Waals surface area contributed by atoms with E-state index in [9.17, 15) is 4.79 Å². The van der Waals surface area contributed by atoms with Crippen LogP contribution in [-0.2, 0) is 11.2 Å². The summed E-state index contributed by atoms with van der Waals surface area (Å²) >= 11 is 0. The van der Waals surface area contributed by atoms with Crippen LogP contribution in [0.4, 0.5) is 5.69 Å². The topological polar surface area (TPSA) is 46.3 Å². The Hall–Kier alpha value is -1.51. The Balaban J connectivity index is 1.77. The number of carbonyl (C=O) groups is 1. The van der Waals surface area contributed by atoms with Gasteiger partial charge in [-0.25, -0.2) is 0 Å². The zero-order valence-corrected chi connectivity index (χ0v) is 12.5. The van der Waals surface area contributed by atoms with Gasteiger partial charge in [0.1, 0.15) is 0 Å². The van der Waals surface area contributed by atoms with Gasteiger partial charge >= 0.3 is 0 Å². The smallest absolute Gasteiger partial charge is 0.222 e. The fraction of sp³-hybridized carbons (Fsp3) is 0.588. The van der Waals surface area contributed by atoms with Crippen LogP contribution in [0.15, 0.2) is 24.3 Å². The third kappa shape index (κ3) is 4.26. The van der Waals surface area contributed by atoms with Crippen molar-refractivity contribution in [3.05, 3.63) is 29.8 Å². The molecule has 1 aromatic carbocycles. The van der Waals surface area contributed by atoms with Crippen molar-refractivity contribution in [3.8, 4) is 0 Å². The number of rotatable bonds is 5. The highest BCUT2D eigenvalue weighted by Crippen LogP contribution is 2.24. The van der Waals surface area contributed by atoms with Crippen LogP contribution >= 0.6 is 0 Å². The molecule has 0 aromatic heterocycles. The van der Waals surface area contributed by atoms with E-state index in [-0.39, 0.29) is 5.91 Å². The number of aryl methyl sites for hydroxylation is 1. The van der Waals surface area contributed by atoms with Crippen molar-refractivity contribution in [2.75, 3.05) is 19.3 Å². The maximum atomic E-state index is 12.2. The van der Waals surface area contributed by atoms with Gasteiger partial charge in [0.25, 0.3) is 0 Å². The quantitative estimate of drug-likeness (QED) is 0.838. The van der Waals surface area contributed by atoms with Gasteiger partial charge in [-0.05, 0) is 36.8 Å². The molecule has 1 fully saturated rings. The predicted octanol–water partition coefficient (Wildman–Crippen LogP) is 3.24. The molecule has 0 bridgehead atoms. The molecule has 110 valence electrons. The van der Waals surface area contributed by atoms with Crippen molar-refractivity contribution >= 4 is 11.6 Å². The van der Waals surface area contributed by atoms with E-state index in [1.54, 1.807) is 0 Å². The highest BCUT2D eigenvalue weighted by Gasteiger charge is 2.18. The van der Waals surface area contributed by atoms with Gasteiger partial charge in [-0.1, -0.05) is 37.5 Å². The molecule has 0 spiro atoms. The first-order valence-electron chi connectivity index (χ1n) is 7.74. The zero-order valence-electron chi connectivity index (χ0n) is 12.5. The zero-order chi connectivity index (χ0) is 14.4. The van der Waals surface area contributed by atoms with Crippen LogP contribution in [0.2, 0.25) is 0 Å². The number of benzene rings is 1. The predicted molar refractivity (Wildman–Crippen MR) is 83.4 cm³/mol. The molecule has 1 saturated carbocycles. The molecule has 1 amide bonds. The van der Waals surface area contributed by atoms with E-state index in [0.717, 1.165) is 24.2 Å². The van der Waals surface area contributed by atoms with Gasteiger partial charge in [0.05, 0.1) is 0 Å². The number of hydrogen-bond donors (Lipinski definition) is 1. The number of anilines is 1. The molecule has 0 saturated heterocycles. The van der Waals surface area contributed by atoms with E-state index < -0.39 is 0 Å². The van der Waals surface area contributed by atoms with Crippen LogP contribution in [0.1, 0.15) is 44.1 Å². The summed E-state index contributed by atoms with van der Waals surface area (Å²) in [6, 6.07) is 7.80. The minimum atomic E-state index is 0.235. The van der Waals surface area contributed by atoms with Gasteiger partial charge < -0.3 is 10.6 Å². The number of nitrogens with two attached hydrogens (primary N) is 1. The van der Waals surface area contributed by atoms with Crippen LogP contribution < -0.4 is 5.73 Å². The lowest BCUT2D eigenvalue weighted by Crippen LogP contribution is -2.32. The fourth-order valence-corrected chi connectivity index (χ4v) is 3.05. The second-order valence-corrected chi connectivity index (χ2v) is 5.98. The standard InChI is InChI=1S/C17H26N2O/c1-19(13-14-7-3-2-4-8-14)17(20)12-11-15-9-5-6-10-16(15)18/h5-6,9-10,14H,2-4,7-8,11-13,18H2,1H3. The summed E-state index contributed by atoms with van der Waals surface area (Å²) in [7, 11) is 1.94. The summed E-state index contributed by atoms with van der Waals surface area (Å²) < 4.78 is 0. The van der Waals surface area contributed by atoms with Crippen molar-refractivity contribution < 1.29 is 4.79 Å². The average Bonchev–Trinajstić information content (AvgIpc) is 2.47. The van der Waals surface area contributed by atoms with Crippen LogP contribution in [0, 0.1) is 5.92 Å². The number of nitrogen functional groups attached to an aromatic ring is 1. The molecule has 3 heteroatoms. The Morgan fingerprint density at radius 1 is 1.25 bits per heavy atom. The summed E-state index contributed by atoms with van der Waals surface area (Å²) in [6.07, 6.45) is 7.87. The molecule has 1 aliphatic rings. The molecule has 0 aliphatic heterocycles. The second kappa shape index (κ2) is 7.32. The summed E-state index contributed by atoms with van der Waals surface area (Å²) in [4.78, 5) is 14.1.